The number of halogens is 3. The minimum absolute atomic E-state index is 0.106. The lowest BCUT2D eigenvalue weighted by atomic mass is 9.79. The second-order valence-electron chi connectivity index (χ2n) is 17.9. The summed E-state index contributed by atoms with van der Waals surface area (Å²) in [7, 11) is 2.66. The van der Waals surface area contributed by atoms with Crippen molar-refractivity contribution >= 4 is 58.3 Å². The summed E-state index contributed by atoms with van der Waals surface area (Å²) < 4.78 is 30.5. The van der Waals surface area contributed by atoms with Crippen LogP contribution in [0.4, 0.5) is 9.59 Å². The summed E-state index contributed by atoms with van der Waals surface area (Å²) in [5.41, 5.74) is 13.0. The molecule has 0 saturated heterocycles. The summed E-state index contributed by atoms with van der Waals surface area (Å²) in [6.45, 7) is 7.90. The van der Waals surface area contributed by atoms with Gasteiger partial charge < -0.3 is 39.5 Å². The van der Waals surface area contributed by atoms with Crippen molar-refractivity contribution in [2.24, 2.45) is 17.6 Å². The number of alkyl carbamates (subject to hydrolysis) is 1. The van der Waals surface area contributed by atoms with Gasteiger partial charge >= 0.3 is 23.5 Å². The van der Waals surface area contributed by atoms with Crippen LogP contribution in [-0.4, -0.2) is 103 Å². The smallest absolute Gasteiger partial charge is 0.408 e. The Morgan fingerprint density at radius 3 is 1.53 bits per heavy atom. The Morgan fingerprint density at radius 2 is 1.12 bits per heavy atom. The molecule has 66 heavy (non-hydrogen) atoms. The number of ether oxygens (including phenoxy) is 6. The molecule has 4 aliphatic carbocycles. The number of nitrogens with one attached hydrogen (secondary N) is 1. The number of pyridine rings is 2. The maximum Gasteiger partial charge on any atom is 0.408 e. The number of nitrogens with two attached hydrogens (primary N) is 1. The Balaban J connectivity index is 0.000000295. The third-order valence-electron chi connectivity index (χ3n) is 12.0. The van der Waals surface area contributed by atoms with Gasteiger partial charge in [-0.1, -0.05) is 12.1 Å². The van der Waals surface area contributed by atoms with Crippen molar-refractivity contribution in [3.63, 3.8) is 0 Å². The third-order valence-corrected chi connectivity index (χ3v) is 12.1. The van der Waals surface area contributed by atoms with Gasteiger partial charge in [0.05, 0.1) is 44.0 Å². The van der Waals surface area contributed by atoms with Crippen LogP contribution in [0.25, 0.3) is 0 Å². The van der Waals surface area contributed by atoms with E-state index in [9.17, 15) is 19.2 Å². The highest BCUT2D eigenvalue weighted by Crippen LogP contribution is 2.35. The number of amides is 1. The number of hydrogen-bond donors (Lipinski definition) is 2. The maximum absolute atomic E-state index is 11.9. The number of rotatable bonds is 19. The lowest BCUT2D eigenvalue weighted by molar-refractivity contribution is -0.144. The highest BCUT2D eigenvalue weighted by atomic mass is 35.5. The summed E-state index contributed by atoms with van der Waals surface area (Å²) in [4.78, 5) is 54.4. The van der Waals surface area contributed by atoms with Gasteiger partial charge in [-0.2, -0.15) is 0 Å². The maximum atomic E-state index is 11.9. The fraction of sp³-hybridized carbons (Fsp3) is 0.714. The number of esters is 2. The first kappa shape index (κ1) is 57.1. The van der Waals surface area contributed by atoms with Crippen molar-refractivity contribution in [2.45, 2.75) is 180 Å². The van der Waals surface area contributed by atoms with Gasteiger partial charge in [-0.25, -0.2) is 14.4 Å². The number of carbonyl (C=O) groups excluding carboxylic acids is 4. The van der Waals surface area contributed by atoms with Gasteiger partial charge in [0.15, 0.2) is 0 Å². The van der Waals surface area contributed by atoms with Gasteiger partial charge in [-0.05, 0) is 172 Å². The Labute approximate surface area is 407 Å². The van der Waals surface area contributed by atoms with Gasteiger partial charge in [-0.15, -0.1) is 23.2 Å². The molecule has 2 unspecified atom stereocenters. The number of hydrogen-bond acceptors (Lipinski definition) is 13. The van der Waals surface area contributed by atoms with Gasteiger partial charge in [-0.3, -0.25) is 14.8 Å². The Morgan fingerprint density at radius 1 is 0.682 bits per heavy atom. The molecular formula is C49H75Cl3N4O10. The lowest BCUT2D eigenvalue weighted by Crippen LogP contribution is -2.43. The number of carbonyl (C=O) groups is 4. The molecule has 14 nitrogen and oxygen atoms in total. The van der Waals surface area contributed by atoms with Crippen LogP contribution in [0.3, 0.4) is 0 Å². The van der Waals surface area contributed by atoms with Crippen LogP contribution < -0.4 is 11.1 Å². The minimum atomic E-state index is -0.762. The number of aromatic nitrogens is 2. The summed E-state index contributed by atoms with van der Waals surface area (Å²) in [6.07, 6.45) is 19.0. The zero-order chi connectivity index (χ0) is 48.4. The van der Waals surface area contributed by atoms with Crippen molar-refractivity contribution < 1.29 is 47.6 Å². The first-order valence-electron chi connectivity index (χ1n) is 23.7. The van der Waals surface area contributed by atoms with Crippen LogP contribution >= 0.6 is 34.8 Å². The van der Waals surface area contributed by atoms with E-state index in [1.165, 1.54) is 93.1 Å². The molecule has 3 N–H and O–H groups in total. The SMILES string of the molecule is CC(C)OC(=O)Cl.COC(=O)C(CCOC1CC(CCc2ccc3c(n2)CCCC3)C1)NC(=O)OC(C)C.COC(=O)C(N)CCOC1CC(CCc2ccc3c(n2)CCCC3)C1.ClCCl. The summed E-state index contributed by atoms with van der Waals surface area (Å²) in [5.74, 6) is 0.538. The van der Waals surface area contributed by atoms with E-state index in [2.05, 4.69) is 39.1 Å². The monoisotopic (exact) mass is 984 g/mol. The van der Waals surface area contributed by atoms with Gasteiger partial charge in [0, 0.05) is 54.0 Å². The van der Waals surface area contributed by atoms with Crippen molar-refractivity contribution in [1.82, 2.24) is 15.3 Å². The average Bonchev–Trinajstić information content (AvgIpc) is 3.26. The van der Waals surface area contributed by atoms with Gasteiger partial charge in [0.1, 0.15) is 12.1 Å². The molecule has 2 heterocycles. The predicted molar refractivity (Wildman–Crippen MR) is 257 cm³/mol. The number of aryl methyl sites for hydroxylation is 6. The molecule has 2 fully saturated rings. The molecule has 4 aliphatic rings. The van der Waals surface area contributed by atoms with Crippen molar-refractivity contribution in [3.8, 4) is 0 Å². The molecule has 17 heteroatoms. The van der Waals surface area contributed by atoms with E-state index in [4.69, 9.17) is 69.5 Å². The van der Waals surface area contributed by atoms with E-state index in [1.807, 2.05) is 0 Å². The topological polar surface area (TPSA) is 187 Å². The van der Waals surface area contributed by atoms with Crippen LogP contribution in [0.1, 0.15) is 139 Å². The van der Waals surface area contributed by atoms with Crippen LogP contribution in [0, 0.1) is 11.8 Å². The van der Waals surface area contributed by atoms with Gasteiger partial charge in [0.2, 0.25) is 0 Å². The first-order valence-corrected chi connectivity index (χ1v) is 25.1. The highest BCUT2D eigenvalue weighted by Gasteiger charge is 2.32. The largest absolute Gasteiger partial charge is 0.468 e. The fourth-order valence-electron chi connectivity index (χ4n) is 8.28. The molecule has 0 spiro atoms. The average molecular weight is 987 g/mol. The molecule has 372 valence electrons. The zero-order valence-corrected chi connectivity index (χ0v) is 42.2. The Kier molecular flexibility index (Phi) is 27.4. The van der Waals surface area contributed by atoms with E-state index < -0.39 is 29.6 Å². The molecule has 0 bridgehead atoms. The van der Waals surface area contributed by atoms with E-state index in [0.717, 1.165) is 63.7 Å². The molecule has 0 radical (unpaired) electrons. The normalized spacial score (nSPS) is 20.0. The Hall–Kier alpha value is -3.27. The Bertz CT molecular complexity index is 1760. The molecular weight excluding hydrogens is 911 g/mol. The molecule has 1 amide bonds. The van der Waals surface area contributed by atoms with E-state index in [0.29, 0.717) is 38.1 Å². The predicted octanol–water partition coefficient (Wildman–Crippen LogP) is 9.52. The molecule has 6 rings (SSSR count). The third kappa shape index (κ3) is 22.2. The van der Waals surface area contributed by atoms with Gasteiger partial charge in [0.25, 0.3) is 0 Å². The van der Waals surface area contributed by atoms with Crippen molar-refractivity contribution in [3.05, 3.63) is 58.2 Å². The molecule has 2 aromatic rings. The van der Waals surface area contributed by atoms with Crippen LogP contribution in [0.15, 0.2) is 24.3 Å². The summed E-state index contributed by atoms with van der Waals surface area (Å²) in [6, 6.07) is 7.63. The quantitative estimate of drug-likeness (QED) is 0.0587. The van der Waals surface area contributed by atoms with Crippen LogP contribution in [-0.2, 0) is 76.5 Å². The number of alkyl halides is 2. The first-order chi connectivity index (χ1) is 31.6. The van der Waals surface area contributed by atoms with E-state index in [1.54, 1.807) is 27.7 Å². The second kappa shape index (κ2) is 31.7. The molecule has 2 saturated carbocycles. The number of nitrogens with zero attached hydrogens (tertiary/aromatic N) is 2. The molecule has 2 atom stereocenters. The minimum Gasteiger partial charge on any atom is -0.468 e. The highest BCUT2D eigenvalue weighted by molar-refractivity contribution is 6.61. The van der Waals surface area contributed by atoms with Crippen LogP contribution in [0.2, 0.25) is 0 Å². The summed E-state index contributed by atoms with van der Waals surface area (Å²) >= 11 is 14.3. The number of methoxy groups -OCH3 is 2. The van der Waals surface area contributed by atoms with Crippen molar-refractivity contribution in [1.29, 1.82) is 0 Å². The van der Waals surface area contributed by atoms with Crippen molar-refractivity contribution in [2.75, 3.05) is 32.8 Å². The lowest BCUT2D eigenvalue weighted by Gasteiger charge is -2.35. The number of fused-ring (bicyclic) bond motifs is 2. The van der Waals surface area contributed by atoms with E-state index >= 15 is 0 Å². The van der Waals surface area contributed by atoms with E-state index in [-0.39, 0.29) is 29.6 Å². The standard InChI is InChI=1S/C24H36N2O5.C20H30N2O3.C4H7ClO2.CH2Cl2/c1-16(2)31-24(28)26-22(23(27)29-3)12-13-30-20-14-17(15-20)8-10-19-11-9-18-6-4-5-7-21(18)25-19;1-24-20(23)18(21)10-11-25-17-12-14(13-17)6-8-16-9-7-15-4-2-3-5-19(15)22-16;1-3(2)7-4(5)6;2-1-3/h9,11,16-17,20,22H,4-8,10,12-15H2,1-3H3,(H,26,28);7,9,14,17-18H,2-6,8,10-13,21H2,1H3;3H,1-2H3;1H2. The second-order valence-corrected chi connectivity index (χ2v) is 19.0. The molecule has 0 aliphatic heterocycles. The fourth-order valence-corrected chi connectivity index (χ4v) is 8.46. The van der Waals surface area contributed by atoms with Crippen LogP contribution in [0.5, 0.6) is 0 Å². The molecule has 2 aromatic heterocycles. The summed E-state index contributed by atoms with van der Waals surface area (Å²) in [5, 5.41) is 2.75. The molecule has 0 aromatic carbocycles. The zero-order valence-electron chi connectivity index (χ0n) is 40.0.